The number of hydrogen-bond acceptors (Lipinski definition) is 6. The first-order valence-electron chi connectivity index (χ1n) is 15.1. The number of alkyl halides is 3. The van der Waals surface area contributed by atoms with Crippen LogP contribution in [0.2, 0.25) is 0 Å². The van der Waals surface area contributed by atoms with E-state index in [0.29, 0.717) is 61.5 Å². The number of benzene rings is 1. The van der Waals surface area contributed by atoms with Gasteiger partial charge < -0.3 is 20.5 Å². The smallest absolute Gasteiger partial charge is 0.395 e. The van der Waals surface area contributed by atoms with Gasteiger partial charge in [-0.3, -0.25) is 14.6 Å². The number of aliphatic hydroxyl groups is 1. The molecule has 2 aliphatic carbocycles. The number of carbonyl (C=O) groups is 2. The van der Waals surface area contributed by atoms with Gasteiger partial charge in [-0.2, -0.15) is 13.2 Å². The lowest BCUT2D eigenvalue weighted by molar-refractivity contribution is -0.256. The average molecular weight is 600 g/mol. The lowest BCUT2D eigenvalue weighted by Crippen LogP contribution is -2.53. The SMILES string of the molecule is C=Cc1cc(-c2ccc(OCC3CCN(CC4(C(F)(F)F)CCC4)CC3)cn2)ccc1C(=O)[C@@H]1C[C@H](O)C[C@@H](C(N)=O)C1. The summed E-state index contributed by atoms with van der Waals surface area (Å²) in [5.74, 6) is -0.759. The van der Waals surface area contributed by atoms with Crippen LogP contribution in [0, 0.1) is 23.2 Å². The number of piperidine rings is 1. The summed E-state index contributed by atoms with van der Waals surface area (Å²) in [6.45, 7) is 5.77. The monoisotopic (exact) mass is 599 g/mol. The number of nitrogens with two attached hydrogens (primary N) is 1. The van der Waals surface area contributed by atoms with Gasteiger partial charge in [0.2, 0.25) is 5.91 Å². The standard InChI is InChI=1S/C33H40F3N3O4/c1-2-22-14-23(4-6-28(22)30(41)24-15-25(31(37)42)17-26(40)16-24)29-7-5-27(18-38-29)43-19-21-8-12-39(13-9-21)20-32(10-3-11-32)33(34,35)36/h2,4-7,14,18,21,24-26,40H,1,3,8-13,15-17,19-20H2,(H2,37,42)/t24-,25-,26-/m0/s1. The number of likely N-dealkylation sites (tertiary alicyclic amines) is 1. The first kappa shape index (κ1) is 31.2. The number of primary amides is 1. The average Bonchev–Trinajstić information content (AvgIpc) is 2.97. The number of hydrogen-bond donors (Lipinski definition) is 2. The molecule has 1 aromatic carbocycles. The van der Waals surface area contributed by atoms with Gasteiger partial charge in [0.1, 0.15) is 5.75 Å². The van der Waals surface area contributed by atoms with Gasteiger partial charge in [-0.05, 0) is 87.7 Å². The van der Waals surface area contributed by atoms with E-state index in [-0.39, 0.29) is 37.5 Å². The summed E-state index contributed by atoms with van der Waals surface area (Å²) in [5, 5.41) is 10.2. The van der Waals surface area contributed by atoms with Crippen molar-refractivity contribution in [1.29, 1.82) is 0 Å². The third kappa shape index (κ3) is 6.96. The summed E-state index contributed by atoms with van der Waals surface area (Å²) in [4.78, 5) is 31.5. The molecule has 3 N–H and O–H groups in total. The minimum Gasteiger partial charge on any atom is -0.492 e. The van der Waals surface area contributed by atoms with Gasteiger partial charge in [0.25, 0.3) is 0 Å². The number of Topliss-reactive ketones (excluding diaryl/α,β-unsaturated/α-hetero) is 1. The number of aliphatic hydroxyl groups excluding tert-OH is 1. The maximum atomic E-state index is 13.5. The molecule has 1 amide bonds. The van der Waals surface area contributed by atoms with E-state index in [4.69, 9.17) is 10.5 Å². The largest absolute Gasteiger partial charge is 0.492 e. The Bertz CT molecular complexity index is 1320. The van der Waals surface area contributed by atoms with Crippen molar-refractivity contribution in [1.82, 2.24) is 9.88 Å². The summed E-state index contributed by atoms with van der Waals surface area (Å²) in [7, 11) is 0. The van der Waals surface area contributed by atoms with Crippen molar-refractivity contribution in [3.05, 3.63) is 54.2 Å². The molecule has 7 nitrogen and oxygen atoms in total. The molecule has 3 atom stereocenters. The summed E-state index contributed by atoms with van der Waals surface area (Å²) >= 11 is 0. The lowest BCUT2D eigenvalue weighted by atomic mass is 9.67. The van der Waals surface area contributed by atoms with Gasteiger partial charge in [0.15, 0.2) is 5.78 Å². The molecule has 0 bridgehead atoms. The maximum Gasteiger partial charge on any atom is 0.395 e. The zero-order valence-electron chi connectivity index (χ0n) is 24.3. The van der Waals surface area contributed by atoms with Crippen LogP contribution in [0.25, 0.3) is 17.3 Å². The first-order chi connectivity index (χ1) is 20.5. The van der Waals surface area contributed by atoms with Crippen molar-refractivity contribution in [2.45, 2.75) is 63.6 Å². The van der Waals surface area contributed by atoms with Crippen LogP contribution >= 0.6 is 0 Å². The molecule has 2 heterocycles. The van der Waals surface area contributed by atoms with Gasteiger partial charge in [-0.15, -0.1) is 0 Å². The van der Waals surface area contributed by atoms with E-state index in [2.05, 4.69) is 11.6 Å². The minimum atomic E-state index is -4.13. The molecule has 5 rings (SSSR count). The van der Waals surface area contributed by atoms with Crippen LogP contribution < -0.4 is 10.5 Å². The van der Waals surface area contributed by atoms with Crippen LogP contribution in [-0.2, 0) is 4.79 Å². The summed E-state index contributed by atoms with van der Waals surface area (Å²) < 4.78 is 46.6. The number of carbonyl (C=O) groups excluding carboxylic acids is 2. The highest BCUT2D eigenvalue weighted by molar-refractivity contribution is 6.01. The molecule has 10 heteroatoms. The third-order valence-electron chi connectivity index (χ3n) is 9.66. The Morgan fingerprint density at radius 2 is 1.84 bits per heavy atom. The molecule has 3 fully saturated rings. The normalized spacial score (nSPS) is 24.6. The highest BCUT2D eigenvalue weighted by Gasteiger charge is 2.58. The van der Waals surface area contributed by atoms with Gasteiger partial charge in [-0.1, -0.05) is 31.2 Å². The molecular weight excluding hydrogens is 559 g/mol. The third-order valence-corrected chi connectivity index (χ3v) is 9.66. The number of rotatable bonds is 10. The van der Waals surface area contributed by atoms with E-state index in [1.165, 1.54) is 0 Å². The summed E-state index contributed by atoms with van der Waals surface area (Å²) in [6.07, 6.45) is 2.02. The van der Waals surface area contributed by atoms with Crippen LogP contribution in [-0.4, -0.2) is 65.2 Å². The van der Waals surface area contributed by atoms with Crippen molar-refractivity contribution in [2.24, 2.45) is 28.9 Å². The molecule has 0 radical (unpaired) electrons. The number of ketones is 1. The number of aromatic nitrogens is 1. The number of ether oxygens (including phenoxy) is 1. The number of pyridine rings is 1. The van der Waals surface area contributed by atoms with E-state index in [1.807, 2.05) is 29.2 Å². The van der Waals surface area contributed by atoms with E-state index < -0.39 is 35.4 Å². The van der Waals surface area contributed by atoms with Crippen molar-refractivity contribution in [3.63, 3.8) is 0 Å². The van der Waals surface area contributed by atoms with Crippen LogP contribution in [0.5, 0.6) is 5.75 Å². The fourth-order valence-electron chi connectivity index (χ4n) is 6.80. The van der Waals surface area contributed by atoms with E-state index >= 15 is 0 Å². The summed E-state index contributed by atoms with van der Waals surface area (Å²) in [6, 6.07) is 9.06. The zero-order valence-corrected chi connectivity index (χ0v) is 24.3. The minimum absolute atomic E-state index is 0.109. The Morgan fingerprint density at radius 1 is 1.12 bits per heavy atom. The van der Waals surface area contributed by atoms with E-state index in [9.17, 15) is 27.9 Å². The quantitative estimate of drug-likeness (QED) is 0.342. The lowest BCUT2D eigenvalue weighted by Gasteiger charge is -2.47. The van der Waals surface area contributed by atoms with Crippen molar-refractivity contribution in [3.8, 4) is 17.0 Å². The second kappa shape index (κ2) is 12.8. The van der Waals surface area contributed by atoms with Crippen molar-refractivity contribution >= 4 is 17.8 Å². The molecule has 0 unspecified atom stereocenters. The summed E-state index contributed by atoms with van der Waals surface area (Å²) in [5.41, 5.74) is 6.56. The molecule has 2 saturated carbocycles. The van der Waals surface area contributed by atoms with Crippen LogP contribution in [0.4, 0.5) is 13.2 Å². The fraction of sp³-hybridized carbons (Fsp3) is 0.545. The van der Waals surface area contributed by atoms with Gasteiger partial charge in [-0.25, -0.2) is 0 Å². The van der Waals surface area contributed by atoms with Gasteiger partial charge in [0, 0.05) is 29.5 Å². The molecule has 3 aliphatic rings. The second-order valence-electron chi connectivity index (χ2n) is 12.6. The predicted molar refractivity (Wildman–Crippen MR) is 157 cm³/mol. The molecule has 1 aliphatic heterocycles. The number of nitrogens with zero attached hydrogens (tertiary/aromatic N) is 2. The molecule has 43 heavy (non-hydrogen) atoms. The predicted octanol–water partition coefficient (Wildman–Crippen LogP) is 5.66. The Labute approximate surface area is 250 Å². The van der Waals surface area contributed by atoms with E-state index in [1.54, 1.807) is 18.3 Å². The molecule has 232 valence electrons. The topological polar surface area (TPSA) is 106 Å². The Hall–Kier alpha value is -3.24. The van der Waals surface area contributed by atoms with Crippen molar-refractivity contribution < 1.29 is 32.6 Å². The number of halogens is 3. The molecule has 2 aromatic rings. The maximum absolute atomic E-state index is 13.5. The van der Waals surface area contributed by atoms with Crippen molar-refractivity contribution in [2.75, 3.05) is 26.2 Å². The highest BCUT2D eigenvalue weighted by Crippen LogP contribution is 2.53. The molecule has 1 aromatic heterocycles. The van der Waals surface area contributed by atoms with Gasteiger partial charge >= 0.3 is 6.18 Å². The second-order valence-corrected chi connectivity index (χ2v) is 12.6. The number of amides is 1. The Kier molecular flexibility index (Phi) is 9.27. The Morgan fingerprint density at radius 3 is 2.42 bits per heavy atom. The molecular formula is C33H40F3N3O4. The van der Waals surface area contributed by atoms with Crippen LogP contribution in [0.15, 0.2) is 43.1 Å². The molecule has 0 spiro atoms. The van der Waals surface area contributed by atoms with Crippen LogP contribution in [0.1, 0.15) is 67.3 Å². The highest BCUT2D eigenvalue weighted by atomic mass is 19.4. The van der Waals surface area contributed by atoms with E-state index in [0.717, 1.165) is 18.4 Å². The molecule has 1 saturated heterocycles. The van der Waals surface area contributed by atoms with Gasteiger partial charge in [0.05, 0.1) is 30.0 Å². The first-order valence-corrected chi connectivity index (χ1v) is 15.1. The fourth-order valence-corrected chi connectivity index (χ4v) is 6.80. The van der Waals surface area contributed by atoms with Crippen LogP contribution in [0.3, 0.4) is 0 Å². The zero-order chi connectivity index (χ0) is 30.8. The Balaban J connectivity index is 1.15.